The summed E-state index contributed by atoms with van der Waals surface area (Å²) in [6.45, 7) is 1.66. The predicted octanol–water partition coefficient (Wildman–Crippen LogP) is 4.22. The molecule has 0 aromatic heterocycles. The molecule has 0 unspecified atom stereocenters. The highest BCUT2D eigenvalue weighted by Crippen LogP contribution is 2.31. The standard InChI is InChI=1S/C24H23F3N2O6/c1-3-33-21-12-16(11-17(14-28)23(31)34-10-9-32-2)7-8-20(21)35-15-22(30)29-19-6-4-5-18(13-19)24(25,26)27/h4-8,11-13H,3,9-10,15H2,1-2H3,(H,29,30)/b17-11+. The van der Waals surface area contributed by atoms with Crippen molar-refractivity contribution in [1.29, 1.82) is 5.26 Å². The van der Waals surface area contributed by atoms with E-state index in [1.54, 1.807) is 13.0 Å². The van der Waals surface area contributed by atoms with Gasteiger partial charge in [-0.1, -0.05) is 12.1 Å². The van der Waals surface area contributed by atoms with E-state index >= 15 is 0 Å². The number of carbonyl (C=O) groups is 2. The van der Waals surface area contributed by atoms with Crippen LogP contribution in [0.3, 0.4) is 0 Å². The number of nitrogens with zero attached hydrogens (tertiary/aromatic N) is 1. The van der Waals surface area contributed by atoms with Gasteiger partial charge in [0.05, 0.1) is 18.8 Å². The lowest BCUT2D eigenvalue weighted by Gasteiger charge is -2.13. The van der Waals surface area contributed by atoms with E-state index in [9.17, 15) is 28.0 Å². The molecule has 11 heteroatoms. The minimum absolute atomic E-state index is 0.00606. The third kappa shape index (κ3) is 8.68. The number of anilines is 1. The van der Waals surface area contributed by atoms with E-state index < -0.39 is 30.2 Å². The van der Waals surface area contributed by atoms with Crippen molar-refractivity contribution >= 4 is 23.6 Å². The van der Waals surface area contributed by atoms with Gasteiger partial charge in [0.15, 0.2) is 18.1 Å². The number of methoxy groups -OCH3 is 1. The highest BCUT2D eigenvalue weighted by Gasteiger charge is 2.30. The molecule has 0 spiro atoms. The number of nitrogens with one attached hydrogen (secondary N) is 1. The number of rotatable bonds is 11. The van der Waals surface area contributed by atoms with Gasteiger partial charge in [0.2, 0.25) is 0 Å². The summed E-state index contributed by atoms with van der Waals surface area (Å²) in [5.41, 5.74) is -0.717. The quantitative estimate of drug-likeness (QED) is 0.217. The lowest BCUT2D eigenvalue weighted by atomic mass is 10.1. The van der Waals surface area contributed by atoms with E-state index in [0.717, 1.165) is 12.1 Å². The smallest absolute Gasteiger partial charge is 0.416 e. The van der Waals surface area contributed by atoms with E-state index in [1.807, 2.05) is 0 Å². The summed E-state index contributed by atoms with van der Waals surface area (Å²) in [5.74, 6) is -1.07. The van der Waals surface area contributed by atoms with Gasteiger partial charge in [-0.2, -0.15) is 18.4 Å². The molecule has 2 aromatic carbocycles. The third-order valence-electron chi connectivity index (χ3n) is 4.27. The van der Waals surface area contributed by atoms with Crippen molar-refractivity contribution in [3.05, 3.63) is 59.2 Å². The minimum atomic E-state index is -4.54. The zero-order valence-corrected chi connectivity index (χ0v) is 19.0. The highest BCUT2D eigenvalue weighted by atomic mass is 19.4. The van der Waals surface area contributed by atoms with Gasteiger partial charge in [-0.3, -0.25) is 4.79 Å². The maximum Gasteiger partial charge on any atom is 0.416 e. The number of hydrogen-bond acceptors (Lipinski definition) is 7. The summed E-state index contributed by atoms with van der Waals surface area (Å²) in [4.78, 5) is 24.2. The van der Waals surface area contributed by atoms with Gasteiger partial charge in [-0.15, -0.1) is 0 Å². The summed E-state index contributed by atoms with van der Waals surface area (Å²) >= 11 is 0. The molecule has 0 aliphatic carbocycles. The second-order valence-electron chi connectivity index (χ2n) is 6.85. The molecule has 186 valence electrons. The SMILES string of the molecule is CCOc1cc(/C=C(\C#N)C(=O)OCCOC)ccc1OCC(=O)Nc1cccc(C(F)(F)F)c1. The zero-order valence-electron chi connectivity index (χ0n) is 19.0. The molecule has 8 nitrogen and oxygen atoms in total. The molecule has 35 heavy (non-hydrogen) atoms. The molecule has 0 radical (unpaired) electrons. The van der Waals surface area contributed by atoms with Crippen LogP contribution in [-0.2, 0) is 25.2 Å². The number of esters is 1. The zero-order chi connectivity index (χ0) is 25.8. The van der Waals surface area contributed by atoms with E-state index in [0.29, 0.717) is 5.56 Å². The molecule has 0 bridgehead atoms. The monoisotopic (exact) mass is 492 g/mol. The molecule has 1 amide bonds. The second kappa shape index (κ2) is 13.0. The average molecular weight is 492 g/mol. The fourth-order valence-corrected chi connectivity index (χ4v) is 2.71. The van der Waals surface area contributed by atoms with E-state index in [4.69, 9.17) is 18.9 Å². The molecule has 2 rings (SSSR count). The lowest BCUT2D eigenvalue weighted by Crippen LogP contribution is -2.20. The van der Waals surface area contributed by atoms with Crippen LogP contribution in [0.25, 0.3) is 6.08 Å². The Balaban J connectivity index is 2.09. The van der Waals surface area contributed by atoms with Crippen LogP contribution in [0, 0.1) is 11.3 Å². The van der Waals surface area contributed by atoms with Gasteiger partial charge >= 0.3 is 12.1 Å². The molecular formula is C24H23F3N2O6. The molecule has 0 fully saturated rings. The van der Waals surface area contributed by atoms with E-state index in [1.165, 1.54) is 43.5 Å². The summed E-state index contributed by atoms with van der Waals surface area (Å²) in [6, 6.07) is 10.5. The molecular weight excluding hydrogens is 469 g/mol. The van der Waals surface area contributed by atoms with Gasteiger partial charge in [-0.25, -0.2) is 4.79 Å². The summed E-state index contributed by atoms with van der Waals surface area (Å²) in [5, 5.41) is 11.6. The molecule has 2 aromatic rings. The molecule has 0 saturated carbocycles. The van der Waals surface area contributed by atoms with Crippen LogP contribution in [0.2, 0.25) is 0 Å². The first kappa shape index (κ1) is 27.2. The molecule has 0 aliphatic heterocycles. The van der Waals surface area contributed by atoms with Crippen LogP contribution >= 0.6 is 0 Å². The van der Waals surface area contributed by atoms with Gasteiger partial charge in [0, 0.05) is 12.8 Å². The third-order valence-corrected chi connectivity index (χ3v) is 4.27. The largest absolute Gasteiger partial charge is 0.490 e. The van der Waals surface area contributed by atoms with Crippen LogP contribution in [0.1, 0.15) is 18.1 Å². The normalized spacial score (nSPS) is 11.4. The van der Waals surface area contributed by atoms with Crippen molar-refractivity contribution in [2.45, 2.75) is 13.1 Å². The summed E-state index contributed by atoms with van der Waals surface area (Å²) in [7, 11) is 1.45. The topological polar surface area (TPSA) is 107 Å². The highest BCUT2D eigenvalue weighted by molar-refractivity contribution is 5.98. The summed E-state index contributed by atoms with van der Waals surface area (Å²) < 4.78 is 59.2. The first-order chi connectivity index (χ1) is 16.7. The number of hydrogen-bond donors (Lipinski definition) is 1. The Morgan fingerprint density at radius 2 is 1.86 bits per heavy atom. The van der Waals surface area contributed by atoms with Crippen LogP contribution in [0.4, 0.5) is 18.9 Å². The Bertz CT molecular complexity index is 1110. The van der Waals surface area contributed by atoms with Crippen LogP contribution < -0.4 is 14.8 Å². The Kier molecular flexibility index (Phi) is 10.1. The van der Waals surface area contributed by atoms with E-state index in [-0.39, 0.29) is 42.6 Å². The molecule has 0 aliphatic rings. The summed E-state index contributed by atoms with van der Waals surface area (Å²) in [6.07, 6.45) is -3.23. The Morgan fingerprint density at radius 1 is 1.09 bits per heavy atom. The lowest BCUT2D eigenvalue weighted by molar-refractivity contribution is -0.139. The van der Waals surface area contributed by atoms with Crippen molar-refractivity contribution in [1.82, 2.24) is 0 Å². The van der Waals surface area contributed by atoms with Gasteiger partial charge in [0.1, 0.15) is 18.2 Å². The number of halogens is 3. The molecule has 0 saturated heterocycles. The van der Waals surface area contributed by atoms with Crippen molar-refractivity contribution in [3.8, 4) is 17.6 Å². The Labute approximate surface area is 199 Å². The van der Waals surface area contributed by atoms with Crippen molar-refractivity contribution in [2.24, 2.45) is 0 Å². The minimum Gasteiger partial charge on any atom is -0.490 e. The average Bonchev–Trinajstić information content (AvgIpc) is 2.82. The van der Waals surface area contributed by atoms with Crippen LogP contribution in [-0.4, -0.2) is 45.4 Å². The number of alkyl halides is 3. The Morgan fingerprint density at radius 3 is 2.51 bits per heavy atom. The second-order valence-corrected chi connectivity index (χ2v) is 6.85. The van der Waals surface area contributed by atoms with Crippen LogP contribution in [0.15, 0.2) is 48.0 Å². The maximum absolute atomic E-state index is 12.8. The van der Waals surface area contributed by atoms with Crippen LogP contribution in [0.5, 0.6) is 11.5 Å². The number of amides is 1. The van der Waals surface area contributed by atoms with Crippen molar-refractivity contribution in [3.63, 3.8) is 0 Å². The molecule has 0 heterocycles. The fraction of sp³-hybridized carbons (Fsp3) is 0.292. The number of benzene rings is 2. The Hall–Kier alpha value is -4.04. The number of carbonyl (C=O) groups excluding carboxylic acids is 2. The fourth-order valence-electron chi connectivity index (χ4n) is 2.71. The number of ether oxygens (including phenoxy) is 4. The first-order valence-corrected chi connectivity index (χ1v) is 10.3. The van der Waals surface area contributed by atoms with Crippen molar-refractivity contribution in [2.75, 3.05) is 38.9 Å². The molecule has 0 atom stereocenters. The first-order valence-electron chi connectivity index (χ1n) is 10.3. The van der Waals surface area contributed by atoms with Gasteiger partial charge in [0.25, 0.3) is 5.91 Å². The predicted molar refractivity (Wildman–Crippen MR) is 120 cm³/mol. The molecule has 1 N–H and O–H groups in total. The number of nitriles is 1. The van der Waals surface area contributed by atoms with Gasteiger partial charge < -0.3 is 24.3 Å². The van der Waals surface area contributed by atoms with E-state index in [2.05, 4.69) is 5.32 Å². The van der Waals surface area contributed by atoms with Crippen molar-refractivity contribution < 1.29 is 41.7 Å². The van der Waals surface area contributed by atoms with Gasteiger partial charge in [-0.05, 0) is 48.9 Å². The maximum atomic E-state index is 12.8.